The molecule has 0 spiro atoms. The van der Waals surface area contributed by atoms with Gasteiger partial charge in [0, 0.05) is 19.1 Å². The first kappa shape index (κ1) is 45.2. The van der Waals surface area contributed by atoms with Crippen molar-refractivity contribution in [2.45, 2.75) is 98.1 Å². The Bertz CT molecular complexity index is 1960. The van der Waals surface area contributed by atoms with E-state index in [1.54, 1.807) is 89.5 Å². The van der Waals surface area contributed by atoms with E-state index in [0.717, 1.165) is 4.68 Å². The van der Waals surface area contributed by atoms with Gasteiger partial charge < -0.3 is 29.9 Å². The maximum atomic E-state index is 14.5. The standard InChI is InChI=1S/C38H50Cl2N7O9P/c1-22(2)31(43-37(52)55-38(6,7)8)35(50)47-21-29(42-33(48)30-27(39)15-12-16-28(30)40)32(44-47)34(49)41-25-17-19-46(20-18-25)57(53,56-26-13-10-9-11-14-26)45-24(5)36(51)54-23(3)4/h9-16,21-25,31H,17-20H2,1-8H3,(H,41,49)(H,42,48)(H,43,52)(H,45,53)/t24-,31-,57?/m0/s1. The van der Waals surface area contributed by atoms with Gasteiger partial charge in [-0.25, -0.2) is 23.8 Å². The molecule has 1 unspecified atom stereocenters. The number of carbonyl (C=O) groups excluding carboxylic acids is 5. The number of rotatable bonds is 14. The van der Waals surface area contributed by atoms with Crippen molar-refractivity contribution in [3.63, 3.8) is 0 Å². The third-order valence-corrected chi connectivity index (χ3v) is 11.4. The molecule has 1 aliphatic rings. The van der Waals surface area contributed by atoms with Gasteiger partial charge in [0.05, 0.1) is 33.6 Å². The Hall–Kier alpha value is -4.47. The van der Waals surface area contributed by atoms with Crippen molar-refractivity contribution in [2.24, 2.45) is 5.92 Å². The molecule has 1 fully saturated rings. The van der Waals surface area contributed by atoms with Gasteiger partial charge in [-0.1, -0.05) is 61.3 Å². The Morgan fingerprint density at radius 1 is 0.895 bits per heavy atom. The summed E-state index contributed by atoms with van der Waals surface area (Å²) in [5.74, 6) is -2.90. The minimum atomic E-state index is -3.89. The lowest BCUT2D eigenvalue weighted by Crippen LogP contribution is -2.48. The van der Waals surface area contributed by atoms with Crippen molar-refractivity contribution < 1.29 is 42.5 Å². The first-order valence-electron chi connectivity index (χ1n) is 18.5. The topological polar surface area (TPSA) is 199 Å². The van der Waals surface area contributed by atoms with Crippen molar-refractivity contribution >= 4 is 66.3 Å². The zero-order valence-electron chi connectivity index (χ0n) is 33.1. The number of hydrogen-bond acceptors (Lipinski definition) is 10. The van der Waals surface area contributed by atoms with Crippen LogP contribution in [0, 0.1) is 5.92 Å². The lowest BCUT2D eigenvalue weighted by atomic mass is 10.0. The Kier molecular flexibility index (Phi) is 15.3. The van der Waals surface area contributed by atoms with E-state index in [1.165, 1.54) is 25.3 Å². The third kappa shape index (κ3) is 12.5. The molecule has 4 rings (SSSR count). The molecule has 1 aliphatic heterocycles. The Morgan fingerprint density at radius 2 is 1.51 bits per heavy atom. The average molecular weight is 851 g/mol. The Morgan fingerprint density at radius 3 is 2.07 bits per heavy atom. The molecule has 2 aromatic carbocycles. The van der Waals surface area contributed by atoms with E-state index < -0.39 is 67.1 Å². The summed E-state index contributed by atoms with van der Waals surface area (Å²) in [5, 5.41) is 15.3. The lowest BCUT2D eigenvalue weighted by Gasteiger charge is -2.37. The number of ether oxygens (including phenoxy) is 2. The van der Waals surface area contributed by atoms with Gasteiger partial charge in [0.2, 0.25) is 0 Å². The molecular weight excluding hydrogens is 800 g/mol. The van der Waals surface area contributed by atoms with Crippen LogP contribution in [0.3, 0.4) is 0 Å². The molecule has 1 saturated heterocycles. The number of nitrogens with zero attached hydrogens (tertiary/aromatic N) is 3. The number of nitrogens with one attached hydrogen (secondary N) is 4. The second kappa shape index (κ2) is 19.3. The molecular formula is C38H50Cl2N7O9P. The van der Waals surface area contributed by atoms with Gasteiger partial charge in [-0.3, -0.25) is 19.2 Å². The van der Waals surface area contributed by atoms with E-state index in [0.29, 0.717) is 18.6 Å². The van der Waals surface area contributed by atoms with E-state index in [4.69, 9.17) is 37.2 Å². The Balaban J connectivity index is 1.57. The number of halogens is 2. The molecule has 19 heteroatoms. The largest absolute Gasteiger partial charge is 0.462 e. The molecule has 0 bridgehead atoms. The van der Waals surface area contributed by atoms with Gasteiger partial charge in [0.15, 0.2) is 5.69 Å². The molecule has 0 radical (unpaired) electrons. The van der Waals surface area contributed by atoms with Gasteiger partial charge in [-0.05, 0) is 84.6 Å². The molecule has 3 atom stereocenters. The van der Waals surface area contributed by atoms with Crippen LogP contribution in [0.25, 0.3) is 0 Å². The van der Waals surface area contributed by atoms with Crippen LogP contribution in [0.4, 0.5) is 10.5 Å². The minimum absolute atomic E-state index is 0.0527. The normalized spacial score (nSPS) is 15.9. The van der Waals surface area contributed by atoms with Crippen LogP contribution in [-0.4, -0.2) is 87.2 Å². The predicted octanol–water partition coefficient (Wildman–Crippen LogP) is 6.94. The van der Waals surface area contributed by atoms with E-state index >= 15 is 0 Å². The summed E-state index contributed by atoms with van der Waals surface area (Å²) in [7, 11) is -3.89. The lowest BCUT2D eigenvalue weighted by molar-refractivity contribution is -0.149. The maximum absolute atomic E-state index is 14.5. The fourth-order valence-corrected chi connectivity index (χ4v) is 8.35. The number of alkyl carbamates (subject to hydrolysis) is 1. The molecule has 0 aliphatic carbocycles. The van der Waals surface area contributed by atoms with Crippen LogP contribution in [0.15, 0.2) is 54.7 Å². The summed E-state index contributed by atoms with van der Waals surface area (Å²) in [5.41, 5.74) is -1.33. The average Bonchev–Trinajstić information content (AvgIpc) is 3.53. The quantitative estimate of drug-likeness (QED) is 0.0964. The number of esters is 1. The monoisotopic (exact) mass is 849 g/mol. The fourth-order valence-electron chi connectivity index (χ4n) is 5.69. The summed E-state index contributed by atoms with van der Waals surface area (Å²) < 4.78 is 33.6. The van der Waals surface area contributed by atoms with Crippen LogP contribution >= 0.6 is 30.9 Å². The molecule has 0 saturated carbocycles. The molecule has 3 aromatic rings. The van der Waals surface area contributed by atoms with Crippen LogP contribution < -0.4 is 25.6 Å². The van der Waals surface area contributed by atoms with Gasteiger partial charge in [0.25, 0.3) is 17.7 Å². The van der Waals surface area contributed by atoms with Gasteiger partial charge in [0.1, 0.15) is 23.4 Å². The smallest absolute Gasteiger partial charge is 0.408 e. The second-order valence-corrected chi connectivity index (χ2v) is 17.9. The number of hydrogen-bond donors (Lipinski definition) is 4. The Labute approximate surface area is 342 Å². The molecule has 16 nitrogen and oxygen atoms in total. The summed E-state index contributed by atoms with van der Waals surface area (Å²) in [6.07, 6.45) is 0.557. The number of piperidine rings is 1. The zero-order valence-corrected chi connectivity index (χ0v) is 35.5. The highest BCUT2D eigenvalue weighted by Gasteiger charge is 2.40. The number of carbonyl (C=O) groups is 5. The van der Waals surface area contributed by atoms with Crippen LogP contribution in [-0.2, 0) is 18.8 Å². The van der Waals surface area contributed by atoms with E-state index in [2.05, 4.69) is 26.1 Å². The van der Waals surface area contributed by atoms with Gasteiger partial charge in [-0.2, -0.15) is 5.10 Å². The highest BCUT2D eigenvalue weighted by molar-refractivity contribution is 7.54. The van der Waals surface area contributed by atoms with Crippen molar-refractivity contribution in [2.75, 3.05) is 18.4 Å². The molecule has 1 aromatic heterocycles. The van der Waals surface area contributed by atoms with Crippen molar-refractivity contribution in [3.05, 3.63) is 76.0 Å². The summed E-state index contributed by atoms with van der Waals surface area (Å²) in [6, 6.07) is 10.5. The van der Waals surface area contributed by atoms with Crippen LogP contribution in [0.1, 0.15) is 93.9 Å². The zero-order chi connectivity index (χ0) is 42.2. The van der Waals surface area contributed by atoms with Crippen LogP contribution in [0.5, 0.6) is 5.75 Å². The predicted molar refractivity (Wildman–Crippen MR) is 216 cm³/mol. The highest BCUT2D eigenvalue weighted by Crippen LogP contribution is 2.49. The molecule has 57 heavy (non-hydrogen) atoms. The van der Waals surface area contributed by atoms with Crippen LogP contribution in [0.2, 0.25) is 10.0 Å². The molecule has 3 amide bonds. The number of benzene rings is 2. The van der Waals surface area contributed by atoms with E-state index in [9.17, 15) is 28.5 Å². The number of anilines is 1. The summed E-state index contributed by atoms with van der Waals surface area (Å²) >= 11 is 12.6. The maximum Gasteiger partial charge on any atom is 0.408 e. The van der Waals surface area contributed by atoms with Crippen molar-refractivity contribution in [1.29, 1.82) is 0 Å². The number of aromatic nitrogens is 2. The highest BCUT2D eigenvalue weighted by atomic mass is 35.5. The third-order valence-electron chi connectivity index (χ3n) is 8.41. The summed E-state index contributed by atoms with van der Waals surface area (Å²) in [4.78, 5) is 66.6. The molecule has 4 N–H and O–H groups in total. The first-order chi connectivity index (χ1) is 26.7. The van der Waals surface area contributed by atoms with Gasteiger partial charge >= 0.3 is 19.7 Å². The first-order valence-corrected chi connectivity index (χ1v) is 20.8. The second-order valence-electron chi connectivity index (χ2n) is 15.1. The van der Waals surface area contributed by atoms with Crippen molar-refractivity contribution in [1.82, 2.24) is 30.2 Å². The summed E-state index contributed by atoms with van der Waals surface area (Å²) in [6.45, 7) is 13.8. The van der Waals surface area contributed by atoms with E-state index in [-0.39, 0.29) is 46.2 Å². The molecule has 310 valence electrons. The number of amides is 3. The van der Waals surface area contributed by atoms with E-state index in [1.807, 2.05) is 0 Å². The number of para-hydroxylation sites is 1. The minimum Gasteiger partial charge on any atom is -0.462 e. The van der Waals surface area contributed by atoms with Gasteiger partial charge in [-0.15, -0.1) is 0 Å². The SMILES string of the molecule is CC(C)OC(=O)[C@H](C)NP(=O)(Oc1ccccc1)N1CCC(NC(=O)c2nn(C(=O)[C@@H](NC(=O)OC(C)(C)C)C(C)C)cc2NC(=O)c2c(Cl)cccc2Cl)CC1. The fraction of sp³-hybridized carbons (Fsp3) is 0.474. The molecule has 2 heterocycles. The van der Waals surface area contributed by atoms with Crippen molar-refractivity contribution in [3.8, 4) is 5.75 Å².